The lowest BCUT2D eigenvalue weighted by Gasteiger charge is -2.19. The van der Waals surface area contributed by atoms with E-state index in [1.54, 1.807) is 39.0 Å². The molecule has 0 aliphatic rings. The van der Waals surface area contributed by atoms with E-state index in [0.29, 0.717) is 11.3 Å². The van der Waals surface area contributed by atoms with E-state index in [4.69, 9.17) is 4.74 Å². The summed E-state index contributed by atoms with van der Waals surface area (Å²) in [5.74, 6) is -1.18. The van der Waals surface area contributed by atoms with Gasteiger partial charge in [0.15, 0.2) is 0 Å². The zero-order chi connectivity index (χ0) is 17.6. The van der Waals surface area contributed by atoms with E-state index in [-0.39, 0.29) is 18.4 Å². The molecular formula is C17H22N2O4. The van der Waals surface area contributed by atoms with Crippen molar-refractivity contribution < 1.29 is 19.1 Å². The summed E-state index contributed by atoms with van der Waals surface area (Å²) >= 11 is 0. The molecule has 0 saturated carbocycles. The molecule has 0 aromatic heterocycles. The molecule has 0 heterocycles. The van der Waals surface area contributed by atoms with Gasteiger partial charge in [-0.3, -0.25) is 9.59 Å². The Morgan fingerprint density at radius 2 is 1.96 bits per heavy atom. The van der Waals surface area contributed by atoms with Crippen molar-refractivity contribution in [1.82, 2.24) is 4.90 Å². The van der Waals surface area contributed by atoms with Gasteiger partial charge in [-0.15, -0.1) is 0 Å². The molecule has 0 bridgehead atoms. The number of benzene rings is 1. The molecule has 6 nitrogen and oxygen atoms in total. The molecule has 0 atom stereocenters. The second-order valence-corrected chi connectivity index (χ2v) is 6.03. The quantitative estimate of drug-likeness (QED) is 0.667. The number of hydrogen-bond donors (Lipinski definition) is 1. The molecular weight excluding hydrogens is 296 g/mol. The number of rotatable bonds is 5. The van der Waals surface area contributed by atoms with Gasteiger partial charge < -0.3 is 15.0 Å². The van der Waals surface area contributed by atoms with E-state index in [2.05, 4.69) is 11.9 Å². The van der Waals surface area contributed by atoms with Crippen LogP contribution in [0.5, 0.6) is 0 Å². The summed E-state index contributed by atoms with van der Waals surface area (Å²) in [5.41, 5.74) is 0.204. The Morgan fingerprint density at radius 3 is 2.52 bits per heavy atom. The first-order valence-corrected chi connectivity index (χ1v) is 7.13. The first kappa shape index (κ1) is 18.4. The average molecular weight is 318 g/mol. The number of ether oxygens (including phenoxy) is 1. The van der Waals surface area contributed by atoms with Gasteiger partial charge >= 0.3 is 5.97 Å². The van der Waals surface area contributed by atoms with Crippen molar-refractivity contribution in [3.63, 3.8) is 0 Å². The molecule has 0 radical (unpaired) electrons. The van der Waals surface area contributed by atoms with Gasteiger partial charge in [0.25, 0.3) is 0 Å². The van der Waals surface area contributed by atoms with Gasteiger partial charge in [0.1, 0.15) is 5.60 Å². The Hall–Kier alpha value is -2.63. The predicted molar refractivity (Wildman–Crippen MR) is 88.1 cm³/mol. The van der Waals surface area contributed by atoms with Gasteiger partial charge in [-0.1, -0.05) is 12.6 Å². The van der Waals surface area contributed by atoms with Crippen LogP contribution < -0.4 is 5.32 Å². The van der Waals surface area contributed by atoms with Crippen molar-refractivity contribution in [2.45, 2.75) is 26.4 Å². The van der Waals surface area contributed by atoms with Crippen LogP contribution in [-0.4, -0.2) is 41.9 Å². The maximum Gasteiger partial charge on any atom is 0.338 e. The van der Waals surface area contributed by atoms with Gasteiger partial charge in [0, 0.05) is 12.7 Å². The molecule has 2 amide bonds. The smallest absolute Gasteiger partial charge is 0.338 e. The fraction of sp³-hybridized carbons (Fsp3) is 0.353. The lowest BCUT2D eigenvalue weighted by molar-refractivity contribution is -0.129. The first-order valence-electron chi connectivity index (χ1n) is 7.13. The van der Waals surface area contributed by atoms with Gasteiger partial charge in [0.05, 0.1) is 12.1 Å². The highest BCUT2D eigenvalue weighted by molar-refractivity contribution is 5.97. The normalized spacial score (nSPS) is 10.6. The van der Waals surface area contributed by atoms with Gasteiger partial charge in [-0.05, 0) is 45.0 Å². The number of anilines is 1. The fourth-order valence-electron chi connectivity index (χ4n) is 1.71. The largest absolute Gasteiger partial charge is 0.456 e. The molecule has 0 aliphatic heterocycles. The van der Waals surface area contributed by atoms with Gasteiger partial charge in [-0.2, -0.15) is 0 Å². The number of nitrogens with one attached hydrogen (secondary N) is 1. The maximum atomic E-state index is 12.0. The lowest BCUT2D eigenvalue weighted by Crippen LogP contribution is -2.33. The van der Waals surface area contributed by atoms with Gasteiger partial charge in [0.2, 0.25) is 11.8 Å². The van der Waals surface area contributed by atoms with Crippen LogP contribution in [0.1, 0.15) is 31.1 Å². The monoisotopic (exact) mass is 318 g/mol. The number of hydrogen-bond acceptors (Lipinski definition) is 4. The molecule has 1 rings (SSSR count). The number of carbonyl (C=O) groups excluding carboxylic acids is 3. The fourth-order valence-corrected chi connectivity index (χ4v) is 1.71. The van der Waals surface area contributed by atoms with Crippen molar-refractivity contribution in [2.75, 3.05) is 18.9 Å². The van der Waals surface area contributed by atoms with Crippen LogP contribution in [0.25, 0.3) is 0 Å². The summed E-state index contributed by atoms with van der Waals surface area (Å²) in [5, 5.41) is 2.63. The van der Waals surface area contributed by atoms with Crippen molar-refractivity contribution in [3.05, 3.63) is 42.5 Å². The molecule has 0 unspecified atom stereocenters. The highest BCUT2D eigenvalue weighted by atomic mass is 16.6. The maximum absolute atomic E-state index is 12.0. The Kier molecular flexibility index (Phi) is 6.07. The van der Waals surface area contributed by atoms with E-state index >= 15 is 0 Å². The van der Waals surface area contributed by atoms with Crippen molar-refractivity contribution in [3.8, 4) is 0 Å². The molecule has 0 saturated heterocycles. The topological polar surface area (TPSA) is 75.7 Å². The second kappa shape index (κ2) is 7.58. The highest BCUT2D eigenvalue weighted by Gasteiger charge is 2.18. The van der Waals surface area contributed by atoms with Crippen LogP contribution in [0.3, 0.4) is 0 Å². The summed E-state index contributed by atoms with van der Waals surface area (Å²) in [6, 6.07) is 6.44. The van der Waals surface area contributed by atoms with Crippen molar-refractivity contribution in [1.29, 1.82) is 0 Å². The third-order valence-electron chi connectivity index (χ3n) is 2.71. The van der Waals surface area contributed by atoms with Crippen LogP contribution in [-0.2, 0) is 14.3 Å². The van der Waals surface area contributed by atoms with Crippen LogP contribution in [0.4, 0.5) is 5.69 Å². The predicted octanol–water partition coefficient (Wildman–Crippen LogP) is 2.22. The Labute approximate surface area is 136 Å². The number of likely N-dealkylation sites (N-methyl/N-ethyl adjacent to an activating group) is 1. The van der Waals surface area contributed by atoms with Crippen LogP contribution in [0.15, 0.2) is 36.9 Å². The molecule has 6 heteroatoms. The van der Waals surface area contributed by atoms with E-state index < -0.39 is 11.6 Å². The summed E-state index contributed by atoms with van der Waals surface area (Å²) in [6.45, 7) is 8.59. The second-order valence-electron chi connectivity index (χ2n) is 6.03. The molecule has 1 N–H and O–H groups in total. The van der Waals surface area contributed by atoms with E-state index in [1.807, 2.05) is 0 Å². The van der Waals surface area contributed by atoms with Crippen LogP contribution >= 0.6 is 0 Å². The first-order chi connectivity index (χ1) is 10.6. The summed E-state index contributed by atoms with van der Waals surface area (Å²) in [7, 11) is 1.50. The number of carbonyl (C=O) groups is 3. The third kappa shape index (κ3) is 6.34. The minimum absolute atomic E-state index is 0.110. The minimum atomic E-state index is -0.593. The van der Waals surface area contributed by atoms with Crippen LogP contribution in [0, 0.1) is 0 Å². The zero-order valence-corrected chi connectivity index (χ0v) is 13.9. The number of amides is 2. The Balaban J connectivity index is 2.74. The van der Waals surface area contributed by atoms with Crippen molar-refractivity contribution in [2.24, 2.45) is 0 Å². The molecule has 1 aromatic rings. The summed E-state index contributed by atoms with van der Waals surface area (Å²) in [4.78, 5) is 36.5. The highest BCUT2D eigenvalue weighted by Crippen LogP contribution is 2.15. The molecule has 0 spiro atoms. The zero-order valence-electron chi connectivity index (χ0n) is 13.9. The molecule has 124 valence electrons. The Morgan fingerprint density at radius 1 is 1.30 bits per heavy atom. The molecule has 0 aliphatic carbocycles. The SMILES string of the molecule is C=CC(=O)N(C)CC(=O)Nc1cccc(C(=O)OC(C)(C)C)c1. The number of nitrogens with zero attached hydrogens (tertiary/aromatic N) is 1. The van der Waals surface area contributed by atoms with Crippen LogP contribution in [0.2, 0.25) is 0 Å². The minimum Gasteiger partial charge on any atom is -0.456 e. The summed E-state index contributed by atoms with van der Waals surface area (Å²) in [6.07, 6.45) is 1.14. The summed E-state index contributed by atoms with van der Waals surface area (Å²) < 4.78 is 5.28. The van der Waals surface area contributed by atoms with E-state index in [1.165, 1.54) is 18.0 Å². The molecule has 23 heavy (non-hydrogen) atoms. The van der Waals surface area contributed by atoms with Gasteiger partial charge in [-0.25, -0.2) is 4.79 Å². The third-order valence-corrected chi connectivity index (χ3v) is 2.71. The standard InChI is InChI=1S/C17H22N2O4/c1-6-15(21)19(5)11-14(20)18-13-9-7-8-12(10-13)16(22)23-17(2,3)4/h6-10H,1,11H2,2-5H3,(H,18,20). The molecule has 1 aromatic carbocycles. The average Bonchev–Trinajstić information content (AvgIpc) is 2.44. The van der Waals surface area contributed by atoms with E-state index in [9.17, 15) is 14.4 Å². The number of esters is 1. The van der Waals surface area contributed by atoms with E-state index in [0.717, 1.165) is 6.08 Å². The lowest BCUT2D eigenvalue weighted by atomic mass is 10.1. The molecule has 0 fully saturated rings. The van der Waals surface area contributed by atoms with Crippen molar-refractivity contribution >= 4 is 23.5 Å². The Bertz CT molecular complexity index is 617.